The Morgan fingerprint density at radius 2 is 1.97 bits per heavy atom. The van der Waals surface area contributed by atoms with Gasteiger partial charge in [0.1, 0.15) is 11.3 Å². The van der Waals surface area contributed by atoms with Crippen LogP contribution in [0.15, 0.2) is 47.4 Å². The number of nitrogens with one attached hydrogen (secondary N) is 1. The summed E-state index contributed by atoms with van der Waals surface area (Å²) < 4.78 is 7.49. The number of carbonyl (C=O) groups excluding carboxylic acids is 1. The number of nitrogens with zero attached hydrogens (tertiary/aromatic N) is 3. The van der Waals surface area contributed by atoms with E-state index in [4.69, 9.17) is 4.74 Å². The van der Waals surface area contributed by atoms with Crippen LogP contribution in [-0.4, -0.2) is 40.0 Å². The Labute approximate surface area is 191 Å². The van der Waals surface area contributed by atoms with Crippen molar-refractivity contribution in [3.8, 4) is 0 Å². The van der Waals surface area contributed by atoms with Gasteiger partial charge in [0, 0.05) is 36.9 Å². The molecule has 0 spiro atoms. The van der Waals surface area contributed by atoms with E-state index in [0.29, 0.717) is 36.4 Å². The number of imidazole rings is 1. The molecular weight excluding hydrogens is 416 g/mol. The van der Waals surface area contributed by atoms with Crippen LogP contribution in [0.4, 0.5) is 5.69 Å². The van der Waals surface area contributed by atoms with Gasteiger partial charge in [-0.2, -0.15) is 0 Å². The van der Waals surface area contributed by atoms with E-state index < -0.39 is 0 Å². The zero-order chi connectivity index (χ0) is 22.5. The smallest absolute Gasteiger partial charge is 0.274 e. The lowest BCUT2D eigenvalue weighted by Gasteiger charge is -2.30. The molecule has 1 fully saturated rings. The molecule has 0 radical (unpaired) electrons. The molecular formula is C26H26N4O3. The Morgan fingerprint density at radius 1 is 1.15 bits per heavy atom. The van der Waals surface area contributed by atoms with Crippen LogP contribution in [0.25, 0.3) is 16.6 Å². The van der Waals surface area contributed by atoms with E-state index in [9.17, 15) is 9.59 Å². The van der Waals surface area contributed by atoms with Gasteiger partial charge < -0.3 is 14.6 Å². The van der Waals surface area contributed by atoms with Gasteiger partial charge in [-0.3, -0.25) is 14.0 Å². The topological polar surface area (TPSA) is 79.7 Å². The number of amides is 1. The van der Waals surface area contributed by atoms with Crippen LogP contribution in [0.5, 0.6) is 0 Å². The number of rotatable bonds is 2. The monoisotopic (exact) mass is 442 g/mol. The van der Waals surface area contributed by atoms with E-state index in [0.717, 1.165) is 48.3 Å². The summed E-state index contributed by atoms with van der Waals surface area (Å²) in [5.41, 5.74) is 5.54. The van der Waals surface area contributed by atoms with Crippen molar-refractivity contribution in [3.05, 3.63) is 75.5 Å². The third-order valence-electron chi connectivity index (χ3n) is 7.03. The predicted molar refractivity (Wildman–Crippen MR) is 127 cm³/mol. The van der Waals surface area contributed by atoms with E-state index in [1.807, 2.05) is 46.6 Å². The summed E-state index contributed by atoms with van der Waals surface area (Å²) in [5, 5.41) is 0. The molecule has 33 heavy (non-hydrogen) atoms. The molecule has 7 heteroatoms. The largest absolute Gasteiger partial charge is 0.381 e. The van der Waals surface area contributed by atoms with Gasteiger partial charge in [0.05, 0.1) is 17.2 Å². The lowest BCUT2D eigenvalue weighted by molar-refractivity contribution is 0.0835. The quantitative estimate of drug-likeness (QED) is 0.509. The number of fused-ring (bicyclic) bond motifs is 4. The van der Waals surface area contributed by atoms with Crippen molar-refractivity contribution in [3.63, 3.8) is 0 Å². The molecule has 7 nitrogen and oxygen atoms in total. The van der Waals surface area contributed by atoms with Crippen LogP contribution < -0.4 is 10.5 Å². The second-order valence-electron chi connectivity index (χ2n) is 9.05. The van der Waals surface area contributed by atoms with Crippen molar-refractivity contribution in [2.45, 2.75) is 38.5 Å². The minimum absolute atomic E-state index is 0.0298. The van der Waals surface area contributed by atoms with E-state index in [2.05, 4.69) is 16.0 Å². The van der Waals surface area contributed by atoms with Crippen LogP contribution >= 0.6 is 0 Å². The third kappa shape index (κ3) is 3.26. The number of hydrogen-bond acceptors (Lipinski definition) is 4. The number of aromatic nitrogens is 3. The van der Waals surface area contributed by atoms with Crippen molar-refractivity contribution in [2.24, 2.45) is 0 Å². The van der Waals surface area contributed by atoms with Crippen LogP contribution in [0, 0.1) is 6.92 Å². The Balaban J connectivity index is 1.49. The number of aromatic amines is 1. The van der Waals surface area contributed by atoms with Gasteiger partial charge in [-0.15, -0.1) is 0 Å². The van der Waals surface area contributed by atoms with Gasteiger partial charge in [-0.25, -0.2) is 4.98 Å². The third-order valence-corrected chi connectivity index (χ3v) is 7.03. The Hall–Kier alpha value is -3.45. The van der Waals surface area contributed by atoms with Gasteiger partial charge in [-0.1, -0.05) is 18.2 Å². The van der Waals surface area contributed by atoms with Gasteiger partial charge in [0.2, 0.25) is 0 Å². The number of aryl methyl sites for hydroxylation is 2. The molecule has 0 unspecified atom stereocenters. The molecule has 2 aliphatic rings. The number of H-pyrrole nitrogens is 1. The van der Waals surface area contributed by atoms with Gasteiger partial charge in [0.15, 0.2) is 0 Å². The van der Waals surface area contributed by atoms with E-state index in [-0.39, 0.29) is 17.4 Å². The average Bonchev–Trinajstić information content (AvgIpc) is 3.30. The van der Waals surface area contributed by atoms with E-state index in [1.165, 1.54) is 5.56 Å². The molecule has 1 amide bonds. The molecule has 0 aliphatic carbocycles. The van der Waals surface area contributed by atoms with Crippen LogP contribution in [0.3, 0.4) is 0 Å². The molecule has 1 saturated heterocycles. The molecule has 168 valence electrons. The van der Waals surface area contributed by atoms with E-state index >= 15 is 0 Å². The van der Waals surface area contributed by atoms with Crippen LogP contribution in [0.1, 0.15) is 52.5 Å². The standard InChI is InChI=1S/C26H26N4O3/c1-16-13-22-20(14-19(16)26(32)29-10-4-6-17-5-2-3-7-21(17)29)28-25(31)23-15-27-24(30(22)23)18-8-11-33-12-9-18/h2-3,5,7,13-15,18H,4,6,8-12H2,1H3,(H,28,31). The van der Waals surface area contributed by atoms with Crippen molar-refractivity contribution in [1.29, 1.82) is 0 Å². The maximum atomic E-state index is 13.6. The highest BCUT2D eigenvalue weighted by Crippen LogP contribution is 2.31. The summed E-state index contributed by atoms with van der Waals surface area (Å²) in [4.78, 5) is 36.0. The van der Waals surface area contributed by atoms with Crippen molar-refractivity contribution >= 4 is 28.1 Å². The molecule has 0 atom stereocenters. The molecule has 1 N–H and O–H groups in total. The summed E-state index contributed by atoms with van der Waals surface area (Å²) in [6.07, 6.45) is 5.35. The fourth-order valence-corrected chi connectivity index (χ4v) is 5.31. The summed E-state index contributed by atoms with van der Waals surface area (Å²) in [6.45, 7) is 4.06. The second kappa shape index (κ2) is 7.85. The normalized spacial score (nSPS) is 16.9. The van der Waals surface area contributed by atoms with E-state index in [1.54, 1.807) is 6.20 Å². The number of benzene rings is 2. The lowest BCUT2D eigenvalue weighted by Crippen LogP contribution is -2.35. The number of carbonyl (C=O) groups is 1. The first-order chi connectivity index (χ1) is 16.1. The Kier molecular flexibility index (Phi) is 4.80. The minimum Gasteiger partial charge on any atom is -0.381 e. The second-order valence-corrected chi connectivity index (χ2v) is 9.05. The molecule has 2 aromatic carbocycles. The fourth-order valence-electron chi connectivity index (χ4n) is 5.31. The number of para-hydroxylation sites is 1. The Bertz CT molecular complexity index is 1450. The van der Waals surface area contributed by atoms with Crippen LogP contribution in [-0.2, 0) is 11.2 Å². The highest BCUT2D eigenvalue weighted by molar-refractivity contribution is 6.09. The minimum atomic E-state index is -0.195. The predicted octanol–water partition coefficient (Wildman–Crippen LogP) is 3.97. The zero-order valence-corrected chi connectivity index (χ0v) is 18.6. The van der Waals surface area contributed by atoms with Gasteiger partial charge in [-0.05, 0) is 61.9 Å². The van der Waals surface area contributed by atoms with Gasteiger partial charge in [0.25, 0.3) is 11.5 Å². The van der Waals surface area contributed by atoms with Crippen LogP contribution in [0.2, 0.25) is 0 Å². The Morgan fingerprint density at radius 3 is 2.82 bits per heavy atom. The first-order valence-electron chi connectivity index (χ1n) is 11.6. The lowest BCUT2D eigenvalue weighted by atomic mass is 9.98. The summed E-state index contributed by atoms with van der Waals surface area (Å²) in [7, 11) is 0. The molecule has 0 bridgehead atoms. The highest BCUT2D eigenvalue weighted by Gasteiger charge is 2.26. The molecule has 2 aliphatic heterocycles. The average molecular weight is 443 g/mol. The molecule has 4 heterocycles. The highest BCUT2D eigenvalue weighted by atomic mass is 16.5. The first-order valence-corrected chi connectivity index (χ1v) is 11.6. The van der Waals surface area contributed by atoms with Gasteiger partial charge >= 0.3 is 0 Å². The number of ether oxygens (including phenoxy) is 1. The summed E-state index contributed by atoms with van der Waals surface area (Å²) in [6, 6.07) is 11.9. The summed E-state index contributed by atoms with van der Waals surface area (Å²) in [5.74, 6) is 1.11. The molecule has 2 aromatic heterocycles. The zero-order valence-electron chi connectivity index (χ0n) is 18.6. The SMILES string of the molecule is Cc1cc2c(cc1C(=O)N1CCCc3ccccc31)[nH]c(=O)c1cnc(C3CCOCC3)n12. The van der Waals surface area contributed by atoms with Crippen molar-refractivity contribution in [1.82, 2.24) is 14.4 Å². The summed E-state index contributed by atoms with van der Waals surface area (Å²) >= 11 is 0. The molecule has 0 saturated carbocycles. The number of hydrogen-bond donors (Lipinski definition) is 1. The fraction of sp³-hybridized carbons (Fsp3) is 0.346. The van der Waals surface area contributed by atoms with Crippen molar-refractivity contribution in [2.75, 3.05) is 24.7 Å². The maximum Gasteiger partial charge on any atom is 0.274 e. The number of anilines is 1. The van der Waals surface area contributed by atoms with Crippen molar-refractivity contribution < 1.29 is 9.53 Å². The maximum absolute atomic E-state index is 13.6. The first kappa shape index (κ1) is 20.2. The molecule has 6 rings (SSSR count). The molecule has 4 aromatic rings.